The normalized spacial score (nSPS) is 15.7. The smallest absolute Gasteiger partial charge is 0.416 e. The zero-order valence-corrected chi connectivity index (χ0v) is 19.9. The highest BCUT2D eigenvalue weighted by Gasteiger charge is 2.38. The predicted octanol–water partition coefficient (Wildman–Crippen LogP) is 7.27. The predicted molar refractivity (Wildman–Crippen MR) is 121 cm³/mol. The second-order valence-corrected chi connectivity index (χ2v) is 8.15. The van der Waals surface area contributed by atoms with Crippen molar-refractivity contribution in [1.82, 2.24) is 4.98 Å². The molecule has 1 aromatic heterocycles. The molecule has 0 aliphatic carbocycles. The lowest BCUT2D eigenvalue weighted by atomic mass is 9.92. The SMILES string of the molecule is [C-]#[N+]C1=C(C)C(=C(c2cc(C(F)(F)F)cc(C(F)(F)F)c2)c2[nH]c(C)c(C(=O)OCC)c2C)N=C1C. The highest BCUT2D eigenvalue weighted by molar-refractivity contribution is 6.07. The van der Waals surface area contributed by atoms with Crippen molar-refractivity contribution in [2.24, 2.45) is 4.99 Å². The second kappa shape index (κ2) is 9.33. The minimum absolute atomic E-state index is 0.0331. The summed E-state index contributed by atoms with van der Waals surface area (Å²) in [6, 6.07) is 1.25. The molecule has 3 rings (SSSR count). The third-order valence-corrected chi connectivity index (χ3v) is 5.72. The van der Waals surface area contributed by atoms with Crippen LogP contribution in [0, 0.1) is 20.4 Å². The number of ether oxygens (including phenoxy) is 1. The number of carbonyl (C=O) groups is 1. The number of halogens is 6. The van der Waals surface area contributed by atoms with E-state index in [1.54, 1.807) is 6.92 Å². The van der Waals surface area contributed by atoms with Crippen LogP contribution in [-0.4, -0.2) is 23.3 Å². The van der Waals surface area contributed by atoms with E-state index in [1.807, 2.05) is 0 Å². The fourth-order valence-electron chi connectivity index (χ4n) is 4.10. The van der Waals surface area contributed by atoms with Crippen LogP contribution in [0.5, 0.6) is 0 Å². The Labute approximate surface area is 203 Å². The van der Waals surface area contributed by atoms with E-state index in [0.717, 1.165) is 0 Å². The average molecular weight is 509 g/mol. The summed E-state index contributed by atoms with van der Waals surface area (Å²) >= 11 is 0. The van der Waals surface area contributed by atoms with E-state index in [2.05, 4.69) is 14.8 Å². The molecule has 1 aromatic carbocycles. The third-order valence-electron chi connectivity index (χ3n) is 5.72. The molecule has 5 nitrogen and oxygen atoms in total. The summed E-state index contributed by atoms with van der Waals surface area (Å²) in [7, 11) is 0. The van der Waals surface area contributed by atoms with Gasteiger partial charge in [-0.05, 0) is 69.5 Å². The van der Waals surface area contributed by atoms with E-state index >= 15 is 0 Å². The molecule has 0 amide bonds. The maximum Gasteiger partial charge on any atom is 0.416 e. The Morgan fingerprint density at radius 2 is 1.58 bits per heavy atom. The minimum Gasteiger partial charge on any atom is -0.462 e. The van der Waals surface area contributed by atoms with Crippen LogP contribution in [0.2, 0.25) is 0 Å². The van der Waals surface area contributed by atoms with Crippen LogP contribution < -0.4 is 0 Å². The van der Waals surface area contributed by atoms with Crippen molar-refractivity contribution in [3.63, 3.8) is 0 Å². The molecule has 0 fully saturated rings. The Bertz CT molecular complexity index is 1350. The summed E-state index contributed by atoms with van der Waals surface area (Å²) in [5.74, 6) is -0.695. The van der Waals surface area contributed by atoms with Crippen molar-refractivity contribution in [3.05, 3.63) is 85.8 Å². The zero-order valence-electron chi connectivity index (χ0n) is 19.9. The topological polar surface area (TPSA) is 58.8 Å². The Kier molecular flexibility index (Phi) is 6.94. The highest BCUT2D eigenvalue weighted by atomic mass is 19.4. The summed E-state index contributed by atoms with van der Waals surface area (Å²) in [4.78, 5) is 23.2. The first kappa shape index (κ1) is 26.8. The van der Waals surface area contributed by atoms with Crippen molar-refractivity contribution in [3.8, 4) is 0 Å². The lowest BCUT2D eigenvalue weighted by molar-refractivity contribution is -0.143. The number of aromatic amines is 1. The molecule has 0 saturated heterocycles. The number of alkyl halides is 6. The Morgan fingerprint density at radius 1 is 1.03 bits per heavy atom. The molecule has 1 aliphatic rings. The fourth-order valence-corrected chi connectivity index (χ4v) is 4.10. The van der Waals surface area contributed by atoms with Gasteiger partial charge in [0, 0.05) is 17.0 Å². The average Bonchev–Trinajstić information content (AvgIpc) is 3.21. The number of H-pyrrole nitrogens is 1. The van der Waals surface area contributed by atoms with Gasteiger partial charge in [-0.2, -0.15) is 26.3 Å². The van der Waals surface area contributed by atoms with Gasteiger partial charge in [0.15, 0.2) is 0 Å². The van der Waals surface area contributed by atoms with E-state index in [-0.39, 0.29) is 57.7 Å². The van der Waals surface area contributed by atoms with Crippen LogP contribution in [0.25, 0.3) is 10.4 Å². The first-order valence-electron chi connectivity index (χ1n) is 10.7. The molecule has 36 heavy (non-hydrogen) atoms. The van der Waals surface area contributed by atoms with Gasteiger partial charge in [-0.1, -0.05) is 0 Å². The summed E-state index contributed by atoms with van der Waals surface area (Å²) in [6.07, 6.45) is -10.1. The molecule has 1 N–H and O–H groups in total. The summed E-state index contributed by atoms with van der Waals surface area (Å²) < 4.78 is 86.9. The quantitative estimate of drug-likeness (QED) is 0.268. The van der Waals surface area contributed by atoms with Gasteiger partial charge in [-0.25, -0.2) is 9.64 Å². The number of benzene rings is 1. The van der Waals surface area contributed by atoms with Gasteiger partial charge < -0.3 is 9.72 Å². The highest BCUT2D eigenvalue weighted by Crippen LogP contribution is 2.43. The van der Waals surface area contributed by atoms with E-state index in [4.69, 9.17) is 11.3 Å². The number of hydrogen-bond acceptors (Lipinski definition) is 3. The van der Waals surface area contributed by atoms with Crippen LogP contribution in [0.15, 0.2) is 40.2 Å². The van der Waals surface area contributed by atoms with E-state index < -0.39 is 35.0 Å². The maximum absolute atomic E-state index is 13.6. The van der Waals surface area contributed by atoms with E-state index in [0.29, 0.717) is 17.8 Å². The lowest BCUT2D eigenvalue weighted by Crippen LogP contribution is -2.12. The van der Waals surface area contributed by atoms with Gasteiger partial charge in [0.2, 0.25) is 5.70 Å². The molecular formula is C25H21F6N3O2. The third kappa shape index (κ3) is 4.80. The van der Waals surface area contributed by atoms with E-state index in [9.17, 15) is 31.1 Å². The van der Waals surface area contributed by atoms with Crippen molar-refractivity contribution < 1.29 is 35.9 Å². The van der Waals surface area contributed by atoms with Crippen LogP contribution in [0.3, 0.4) is 0 Å². The first-order chi connectivity index (χ1) is 16.6. The zero-order chi connectivity index (χ0) is 27.2. The summed E-state index contributed by atoms with van der Waals surface area (Å²) in [6.45, 7) is 15.1. The Balaban J connectivity index is 2.49. The number of aliphatic imine (C=N–C) groups is 1. The van der Waals surface area contributed by atoms with Crippen molar-refractivity contribution in [2.75, 3.05) is 6.61 Å². The van der Waals surface area contributed by atoms with Crippen LogP contribution >= 0.6 is 0 Å². The van der Waals surface area contributed by atoms with Gasteiger partial charge in [0.1, 0.15) is 0 Å². The van der Waals surface area contributed by atoms with Crippen LogP contribution in [-0.2, 0) is 17.1 Å². The fraction of sp³-hybridized carbons (Fsp3) is 0.320. The summed E-state index contributed by atoms with van der Waals surface area (Å²) in [5, 5.41) is 0. The molecule has 0 unspecified atom stereocenters. The van der Waals surface area contributed by atoms with E-state index in [1.165, 1.54) is 27.7 Å². The number of esters is 1. The molecular weight excluding hydrogens is 488 g/mol. The minimum atomic E-state index is -5.07. The molecule has 0 radical (unpaired) electrons. The number of hydrogen-bond donors (Lipinski definition) is 1. The Morgan fingerprint density at radius 3 is 2.03 bits per heavy atom. The summed E-state index contributed by atoms with van der Waals surface area (Å²) in [5.41, 5.74) is -2.01. The van der Waals surface area contributed by atoms with Gasteiger partial charge in [0.25, 0.3) is 0 Å². The number of nitrogens with zero attached hydrogens (tertiary/aromatic N) is 2. The first-order valence-corrected chi connectivity index (χ1v) is 10.7. The maximum atomic E-state index is 13.6. The van der Waals surface area contributed by atoms with Crippen LogP contribution in [0.1, 0.15) is 64.8 Å². The second-order valence-electron chi connectivity index (χ2n) is 8.15. The molecule has 0 atom stereocenters. The number of allylic oxidation sites excluding steroid dienone is 2. The molecule has 0 bridgehead atoms. The van der Waals surface area contributed by atoms with Gasteiger partial charge in [0.05, 0.1) is 41.3 Å². The molecule has 0 saturated carbocycles. The van der Waals surface area contributed by atoms with Crippen LogP contribution in [0.4, 0.5) is 26.3 Å². The molecule has 190 valence electrons. The number of carbonyl (C=O) groups excluding carboxylic acids is 1. The number of aryl methyl sites for hydroxylation is 1. The van der Waals surface area contributed by atoms with Crippen molar-refractivity contribution in [2.45, 2.75) is 47.0 Å². The standard InChI is InChI=1S/C25H21F6N3O2/c1-7-36-23(35)18-11(2)21(33-13(18)4)19(22-12(3)20(32-6)14(5)34-22)15-8-16(24(26,27)28)10-17(9-15)25(29,30)31/h8-10,33H,7H2,1-5H3. The number of nitrogens with one attached hydrogen (secondary N) is 1. The monoisotopic (exact) mass is 509 g/mol. The molecule has 1 aliphatic heterocycles. The number of rotatable bonds is 4. The van der Waals surface area contributed by atoms with Crippen molar-refractivity contribution in [1.29, 1.82) is 0 Å². The van der Waals surface area contributed by atoms with Gasteiger partial charge in [-0.15, -0.1) is 0 Å². The van der Waals surface area contributed by atoms with Gasteiger partial charge in [-0.3, -0.25) is 4.99 Å². The van der Waals surface area contributed by atoms with Gasteiger partial charge >= 0.3 is 18.3 Å². The molecule has 0 spiro atoms. The largest absolute Gasteiger partial charge is 0.462 e. The number of aromatic nitrogens is 1. The van der Waals surface area contributed by atoms with Crippen molar-refractivity contribution >= 4 is 17.3 Å². The molecule has 2 heterocycles. The molecule has 11 heteroatoms. The molecule has 2 aromatic rings. The Hall–Kier alpha value is -3.81. The lowest BCUT2D eigenvalue weighted by Gasteiger charge is -2.18.